The molecule has 1 unspecified atom stereocenters. The van der Waals surface area contributed by atoms with E-state index in [1.807, 2.05) is 12.4 Å². The van der Waals surface area contributed by atoms with Crippen molar-refractivity contribution >= 4 is 5.82 Å². The molecule has 4 nitrogen and oxygen atoms in total. The standard InChI is InChI=1S/C15H26N4/c1-3-14-8-6-5-7-9-19(14)12-13-10-18-15(11-17-13)16-4-2/h10-11,14H,3-9,12H2,1-2H3,(H,16,18). The third kappa shape index (κ3) is 4.16. The Bertz CT molecular complexity index is 363. The maximum absolute atomic E-state index is 4.52. The maximum Gasteiger partial charge on any atom is 0.144 e. The molecule has 106 valence electrons. The Morgan fingerprint density at radius 1 is 1.21 bits per heavy atom. The number of hydrogen-bond donors (Lipinski definition) is 1. The first-order valence-electron chi connectivity index (χ1n) is 7.62. The molecule has 0 amide bonds. The molecule has 1 aromatic rings. The van der Waals surface area contributed by atoms with Gasteiger partial charge in [-0.1, -0.05) is 19.8 Å². The van der Waals surface area contributed by atoms with Gasteiger partial charge in [0.25, 0.3) is 0 Å². The van der Waals surface area contributed by atoms with E-state index in [1.54, 1.807) is 0 Å². The summed E-state index contributed by atoms with van der Waals surface area (Å²) in [5.74, 6) is 0.870. The Labute approximate surface area is 116 Å². The molecule has 1 aromatic heterocycles. The molecule has 1 fully saturated rings. The molecule has 1 N–H and O–H groups in total. The van der Waals surface area contributed by atoms with Crippen molar-refractivity contribution in [2.24, 2.45) is 0 Å². The van der Waals surface area contributed by atoms with E-state index >= 15 is 0 Å². The van der Waals surface area contributed by atoms with Crippen LogP contribution >= 0.6 is 0 Å². The van der Waals surface area contributed by atoms with E-state index < -0.39 is 0 Å². The average molecular weight is 262 g/mol. The third-order valence-electron chi connectivity index (χ3n) is 3.90. The lowest BCUT2D eigenvalue weighted by atomic mass is 10.1. The highest BCUT2D eigenvalue weighted by Crippen LogP contribution is 2.20. The van der Waals surface area contributed by atoms with E-state index in [1.165, 1.54) is 38.6 Å². The van der Waals surface area contributed by atoms with Crippen LogP contribution in [0, 0.1) is 0 Å². The summed E-state index contributed by atoms with van der Waals surface area (Å²) in [6, 6.07) is 0.720. The van der Waals surface area contributed by atoms with E-state index in [4.69, 9.17) is 0 Å². The predicted octanol–water partition coefficient (Wildman–Crippen LogP) is 3.06. The second kappa shape index (κ2) is 7.43. The average Bonchev–Trinajstić information content (AvgIpc) is 2.66. The van der Waals surface area contributed by atoms with Gasteiger partial charge in [0.1, 0.15) is 5.82 Å². The molecule has 0 saturated carbocycles. The molecule has 1 atom stereocenters. The van der Waals surface area contributed by atoms with E-state index in [0.29, 0.717) is 0 Å². The zero-order valence-electron chi connectivity index (χ0n) is 12.2. The number of likely N-dealkylation sites (tertiary alicyclic amines) is 1. The third-order valence-corrected chi connectivity index (χ3v) is 3.90. The lowest BCUT2D eigenvalue weighted by Gasteiger charge is -2.28. The highest BCUT2D eigenvalue weighted by Gasteiger charge is 2.19. The minimum absolute atomic E-state index is 0.720. The number of nitrogens with zero attached hydrogens (tertiary/aromatic N) is 3. The van der Waals surface area contributed by atoms with Crippen molar-refractivity contribution in [3.05, 3.63) is 18.1 Å². The second-order valence-electron chi connectivity index (χ2n) is 5.31. The van der Waals surface area contributed by atoms with E-state index in [9.17, 15) is 0 Å². The second-order valence-corrected chi connectivity index (χ2v) is 5.31. The first-order valence-corrected chi connectivity index (χ1v) is 7.62. The molecule has 1 aliphatic rings. The fourth-order valence-electron chi connectivity index (χ4n) is 2.82. The van der Waals surface area contributed by atoms with Crippen molar-refractivity contribution in [3.63, 3.8) is 0 Å². The molecule has 2 rings (SSSR count). The van der Waals surface area contributed by atoms with Crippen LogP contribution in [-0.2, 0) is 6.54 Å². The molecule has 2 heterocycles. The molecule has 1 saturated heterocycles. The first kappa shape index (κ1) is 14.3. The Morgan fingerprint density at radius 3 is 2.79 bits per heavy atom. The minimum Gasteiger partial charge on any atom is -0.369 e. The zero-order chi connectivity index (χ0) is 13.5. The van der Waals surface area contributed by atoms with E-state index in [-0.39, 0.29) is 0 Å². The quantitative estimate of drug-likeness (QED) is 0.885. The van der Waals surface area contributed by atoms with Gasteiger partial charge in [-0.2, -0.15) is 0 Å². The number of aromatic nitrogens is 2. The van der Waals surface area contributed by atoms with Crippen molar-refractivity contribution in [2.45, 2.75) is 58.5 Å². The summed E-state index contributed by atoms with van der Waals surface area (Å²) in [5, 5.41) is 3.18. The van der Waals surface area contributed by atoms with Gasteiger partial charge in [0.05, 0.1) is 18.1 Å². The SMILES string of the molecule is CCNc1cnc(CN2CCCCCC2CC)cn1. The highest BCUT2D eigenvalue weighted by molar-refractivity contribution is 5.30. The predicted molar refractivity (Wildman–Crippen MR) is 79.2 cm³/mol. The van der Waals surface area contributed by atoms with Crippen molar-refractivity contribution in [3.8, 4) is 0 Å². The topological polar surface area (TPSA) is 41.1 Å². The van der Waals surface area contributed by atoms with Gasteiger partial charge in [-0.3, -0.25) is 9.88 Å². The van der Waals surface area contributed by atoms with Crippen LogP contribution in [0.1, 0.15) is 51.6 Å². The summed E-state index contributed by atoms with van der Waals surface area (Å²) >= 11 is 0. The van der Waals surface area contributed by atoms with Gasteiger partial charge in [-0.15, -0.1) is 0 Å². The van der Waals surface area contributed by atoms with Crippen molar-refractivity contribution in [1.29, 1.82) is 0 Å². The van der Waals surface area contributed by atoms with Crippen LogP contribution in [0.25, 0.3) is 0 Å². The lowest BCUT2D eigenvalue weighted by molar-refractivity contribution is 0.184. The van der Waals surface area contributed by atoms with Crippen LogP contribution < -0.4 is 5.32 Å². The number of rotatable bonds is 5. The van der Waals surface area contributed by atoms with Gasteiger partial charge in [0.15, 0.2) is 0 Å². The Morgan fingerprint density at radius 2 is 2.11 bits per heavy atom. The minimum atomic E-state index is 0.720. The smallest absolute Gasteiger partial charge is 0.144 e. The molecule has 19 heavy (non-hydrogen) atoms. The highest BCUT2D eigenvalue weighted by atomic mass is 15.2. The molecular formula is C15H26N4. The number of hydrogen-bond acceptors (Lipinski definition) is 4. The van der Waals surface area contributed by atoms with Crippen LogP contribution in [0.4, 0.5) is 5.82 Å². The number of anilines is 1. The fraction of sp³-hybridized carbons (Fsp3) is 0.733. The summed E-state index contributed by atoms with van der Waals surface area (Å²) < 4.78 is 0. The van der Waals surface area contributed by atoms with Crippen molar-refractivity contribution in [2.75, 3.05) is 18.4 Å². The van der Waals surface area contributed by atoms with Crippen LogP contribution in [0.2, 0.25) is 0 Å². The van der Waals surface area contributed by atoms with Gasteiger partial charge in [0, 0.05) is 19.1 Å². The summed E-state index contributed by atoms with van der Waals surface area (Å²) in [6.45, 7) is 7.40. The zero-order valence-corrected chi connectivity index (χ0v) is 12.2. The maximum atomic E-state index is 4.52. The number of nitrogens with one attached hydrogen (secondary N) is 1. The van der Waals surface area contributed by atoms with Gasteiger partial charge in [-0.05, 0) is 32.7 Å². The molecule has 0 aliphatic carbocycles. The Balaban J connectivity index is 1.97. The Hall–Kier alpha value is -1.16. The first-order chi connectivity index (χ1) is 9.33. The van der Waals surface area contributed by atoms with E-state index in [2.05, 4.69) is 34.0 Å². The van der Waals surface area contributed by atoms with Crippen LogP contribution in [0.15, 0.2) is 12.4 Å². The van der Waals surface area contributed by atoms with Crippen LogP contribution in [0.3, 0.4) is 0 Å². The summed E-state index contributed by atoms with van der Waals surface area (Å²) in [5.41, 5.74) is 1.09. The van der Waals surface area contributed by atoms with Gasteiger partial charge in [0.2, 0.25) is 0 Å². The normalized spacial score (nSPS) is 21.1. The van der Waals surface area contributed by atoms with Crippen molar-refractivity contribution < 1.29 is 0 Å². The van der Waals surface area contributed by atoms with Crippen LogP contribution in [0.5, 0.6) is 0 Å². The van der Waals surface area contributed by atoms with E-state index in [0.717, 1.165) is 30.6 Å². The fourth-order valence-corrected chi connectivity index (χ4v) is 2.82. The van der Waals surface area contributed by atoms with Crippen molar-refractivity contribution in [1.82, 2.24) is 14.9 Å². The van der Waals surface area contributed by atoms with Gasteiger partial charge < -0.3 is 5.32 Å². The van der Waals surface area contributed by atoms with Gasteiger partial charge in [-0.25, -0.2) is 4.98 Å². The molecule has 0 spiro atoms. The lowest BCUT2D eigenvalue weighted by Crippen LogP contribution is -2.34. The molecule has 0 aromatic carbocycles. The molecule has 1 aliphatic heterocycles. The monoisotopic (exact) mass is 262 g/mol. The molecule has 0 radical (unpaired) electrons. The Kier molecular flexibility index (Phi) is 5.58. The van der Waals surface area contributed by atoms with Crippen LogP contribution in [-0.4, -0.2) is 34.0 Å². The largest absolute Gasteiger partial charge is 0.369 e. The summed E-state index contributed by atoms with van der Waals surface area (Å²) in [4.78, 5) is 11.5. The molecule has 4 heteroatoms. The van der Waals surface area contributed by atoms with Gasteiger partial charge >= 0.3 is 0 Å². The summed E-state index contributed by atoms with van der Waals surface area (Å²) in [7, 11) is 0. The molecular weight excluding hydrogens is 236 g/mol. The molecule has 0 bridgehead atoms. The summed E-state index contributed by atoms with van der Waals surface area (Å²) in [6.07, 6.45) is 10.4.